The molecule has 1 aliphatic heterocycles. The van der Waals surface area contributed by atoms with Gasteiger partial charge in [-0.2, -0.15) is 4.99 Å². The number of carbonyl (C=O) groups excluding carboxylic acids is 2. The molecule has 0 saturated heterocycles. The number of aliphatic imine (C=N–C) groups is 1. The van der Waals surface area contributed by atoms with Gasteiger partial charge in [0.2, 0.25) is 0 Å². The Morgan fingerprint density at radius 1 is 0.950 bits per heavy atom. The van der Waals surface area contributed by atoms with Gasteiger partial charge in [0.15, 0.2) is 5.78 Å². The SMILES string of the molecule is O=C1N=C(c2ccccc2)C(C(=O)c2ccccc2)N1. The van der Waals surface area contributed by atoms with Crippen LogP contribution in [0.5, 0.6) is 0 Å². The molecule has 0 fully saturated rings. The van der Waals surface area contributed by atoms with Gasteiger partial charge >= 0.3 is 6.03 Å². The summed E-state index contributed by atoms with van der Waals surface area (Å²) in [5.41, 5.74) is 1.81. The van der Waals surface area contributed by atoms with E-state index in [2.05, 4.69) is 10.3 Å². The summed E-state index contributed by atoms with van der Waals surface area (Å²) >= 11 is 0. The number of carbonyl (C=O) groups is 2. The molecule has 1 heterocycles. The molecule has 0 spiro atoms. The second kappa shape index (κ2) is 5.09. The standard InChI is InChI=1S/C16H12N2O2/c19-15(12-9-5-2-6-10-12)14-13(17-16(20)18-14)11-7-3-1-4-8-11/h1-10,14H,(H,18,20). The summed E-state index contributed by atoms with van der Waals surface area (Å²) in [6, 6.07) is 17.0. The molecule has 1 atom stereocenters. The number of urea groups is 1. The first kappa shape index (κ1) is 12.3. The second-order valence-electron chi connectivity index (χ2n) is 4.48. The Hall–Kier alpha value is -2.75. The number of hydrogen-bond donors (Lipinski definition) is 1. The van der Waals surface area contributed by atoms with Crippen LogP contribution in [0.25, 0.3) is 0 Å². The lowest BCUT2D eigenvalue weighted by Gasteiger charge is -2.12. The molecular formula is C16H12N2O2. The highest BCUT2D eigenvalue weighted by atomic mass is 16.2. The van der Waals surface area contributed by atoms with Gasteiger partial charge in [-0.15, -0.1) is 0 Å². The maximum absolute atomic E-state index is 12.5. The Balaban J connectivity index is 1.96. The molecule has 1 aliphatic rings. The van der Waals surface area contributed by atoms with E-state index in [1.54, 1.807) is 24.3 Å². The number of nitrogens with zero attached hydrogens (tertiary/aromatic N) is 1. The predicted octanol–water partition coefficient (Wildman–Crippen LogP) is 2.45. The van der Waals surface area contributed by atoms with E-state index < -0.39 is 12.1 Å². The summed E-state index contributed by atoms with van der Waals surface area (Å²) in [5, 5.41) is 2.61. The quantitative estimate of drug-likeness (QED) is 0.866. The van der Waals surface area contributed by atoms with Crippen LogP contribution in [0.3, 0.4) is 0 Å². The minimum atomic E-state index is -0.715. The molecule has 2 amide bonds. The fraction of sp³-hybridized carbons (Fsp3) is 0.0625. The van der Waals surface area contributed by atoms with Gasteiger partial charge in [-0.25, -0.2) is 4.79 Å². The normalized spacial score (nSPS) is 17.5. The fourth-order valence-electron chi connectivity index (χ4n) is 2.20. The van der Waals surface area contributed by atoms with E-state index in [1.165, 1.54) is 0 Å². The third-order valence-corrected chi connectivity index (χ3v) is 3.15. The van der Waals surface area contributed by atoms with Crippen molar-refractivity contribution < 1.29 is 9.59 Å². The highest BCUT2D eigenvalue weighted by Crippen LogP contribution is 2.15. The van der Waals surface area contributed by atoms with Gasteiger partial charge in [-0.05, 0) is 5.56 Å². The first-order valence-corrected chi connectivity index (χ1v) is 6.29. The molecule has 20 heavy (non-hydrogen) atoms. The zero-order chi connectivity index (χ0) is 13.9. The summed E-state index contributed by atoms with van der Waals surface area (Å²) in [4.78, 5) is 27.9. The van der Waals surface area contributed by atoms with E-state index in [4.69, 9.17) is 0 Å². The lowest BCUT2D eigenvalue weighted by Crippen LogP contribution is -2.40. The summed E-state index contributed by atoms with van der Waals surface area (Å²) in [5.74, 6) is -0.154. The lowest BCUT2D eigenvalue weighted by atomic mass is 9.96. The van der Waals surface area contributed by atoms with Gasteiger partial charge in [-0.1, -0.05) is 60.7 Å². The van der Waals surface area contributed by atoms with Crippen molar-refractivity contribution in [2.24, 2.45) is 4.99 Å². The molecule has 3 rings (SSSR count). The molecule has 0 aliphatic carbocycles. The predicted molar refractivity (Wildman–Crippen MR) is 76.1 cm³/mol. The molecule has 0 saturated carbocycles. The molecule has 98 valence electrons. The molecular weight excluding hydrogens is 252 g/mol. The Labute approximate surface area is 116 Å². The summed E-state index contributed by atoms with van der Waals surface area (Å²) in [6.45, 7) is 0. The Morgan fingerprint density at radius 2 is 1.55 bits per heavy atom. The van der Waals surface area contributed by atoms with Crippen molar-refractivity contribution in [2.75, 3.05) is 0 Å². The van der Waals surface area contributed by atoms with Crippen molar-refractivity contribution in [1.82, 2.24) is 5.32 Å². The van der Waals surface area contributed by atoms with E-state index >= 15 is 0 Å². The van der Waals surface area contributed by atoms with Gasteiger partial charge in [0.1, 0.15) is 6.04 Å². The van der Waals surface area contributed by atoms with Crippen molar-refractivity contribution in [3.05, 3.63) is 71.8 Å². The number of amides is 2. The van der Waals surface area contributed by atoms with Crippen LogP contribution in [0.1, 0.15) is 15.9 Å². The summed E-state index contributed by atoms with van der Waals surface area (Å²) in [7, 11) is 0. The zero-order valence-electron chi connectivity index (χ0n) is 10.6. The molecule has 4 nitrogen and oxygen atoms in total. The van der Waals surface area contributed by atoms with Crippen molar-refractivity contribution in [3.63, 3.8) is 0 Å². The minimum Gasteiger partial charge on any atom is -0.320 e. The van der Waals surface area contributed by atoms with Crippen molar-refractivity contribution in [3.8, 4) is 0 Å². The number of benzene rings is 2. The van der Waals surface area contributed by atoms with Gasteiger partial charge in [0.25, 0.3) is 0 Å². The van der Waals surface area contributed by atoms with Crippen LogP contribution < -0.4 is 5.32 Å². The first-order valence-electron chi connectivity index (χ1n) is 6.29. The van der Waals surface area contributed by atoms with Crippen LogP contribution in [-0.4, -0.2) is 23.6 Å². The highest BCUT2D eigenvalue weighted by molar-refractivity contribution is 6.27. The Kier molecular flexibility index (Phi) is 3.13. The van der Waals surface area contributed by atoms with Crippen molar-refractivity contribution in [1.29, 1.82) is 0 Å². The number of hydrogen-bond acceptors (Lipinski definition) is 2. The maximum atomic E-state index is 12.5. The smallest absolute Gasteiger partial charge is 0.320 e. The van der Waals surface area contributed by atoms with Crippen molar-refractivity contribution >= 4 is 17.5 Å². The van der Waals surface area contributed by atoms with Gasteiger partial charge in [0, 0.05) is 5.56 Å². The van der Waals surface area contributed by atoms with Gasteiger partial charge < -0.3 is 5.32 Å². The van der Waals surface area contributed by atoms with Crippen LogP contribution in [0.15, 0.2) is 65.7 Å². The molecule has 0 radical (unpaired) electrons. The molecule has 4 heteroatoms. The van der Waals surface area contributed by atoms with Crippen LogP contribution in [0.4, 0.5) is 4.79 Å². The molecule has 2 aromatic rings. The van der Waals surface area contributed by atoms with Crippen molar-refractivity contribution in [2.45, 2.75) is 6.04 Å². The lowest BCUT2D eigenvalue weighted by molar-refractivity contribution is 0.0976. The molecule has 0 aromatic heterocycles. The van der Waals surface area contributed by atoms with E-state index in [1.807, 2.05) is 36.4 Å². The third-order valence-electron chi connectivity index (χ3n) is 3.15. The highest BCUT2D eigenvalue weighted by Gasteiger charge is 2.33. The van der Waals surface area contributed by atoms with Gasteiger partial charge in [0.05, 0.1) is 5.71 Å². The topological polar surface area (TPSA) is 58.5 Å². The van der Waals surface area contributed by atoms with Crippen LogP contribution in [0.2, 0.25) is 0 Å². The molecule has 1 unspecified atom stereocenters. The van der Waals surface area contributed by atoms with Crippen LogP contribution in [0, 0.1) is 0 Å². The van der Waals surface area contributed by atoms with E-state index in [0.29, 0.717) is 11.3 Å². The summed E-state index contributed by atoms with van der Waals surface area (Å²) in [6.07, 6.45) is 0. The third kappa shape index (κ3) is 2.23. The number of ketones is 1. The Bertz CT molecular complexity index is 678. The Morgan fingerprint density at radius 3 is 2.20 bits per heavy atom. The molecule has 1 N–H and O–H groups in total. The number of rotatable bonds is 3. The average molecular weight is 264 g/mol. The monoisotopic (exact) mass is 264 g/mol. The summed E-state index contributed by atoms with van der Waals surface area (Å²) < 4.78 is 0. The maximum Gasteiger partial charge on any atom is 0.342 e. The second-order valence-corrected chi connectivity index (χ2v) is 4.48. The number of nitrogens with one attached hydrogen (secondary N) is 1. The minimum absolute atomic E-state index is 0.154. The van der Waals surface area contributed by atoms with Crippen LogP contribution in [-0.2, 0) is 0 Å². The van der Waals surface area contributed by atoms with E-state index in [0.717, 1.165) is 5.56 Å². The fourth-order valence-corrected chi connectivity index (χ4v) is 2.20. The van der Waals surface area contributed by atoms with E-state index in [-0.39, 0.29) is 5.78 Å². The largest absolute Gasteiger partial charge is 0.342 e. The average Bonchev–Trinajstić information content (AvgIpc) is 2.90. The van der Waals surface area contributed by atoms with Crippen LogP contribution >= 0.6 is 0 Å². The first-order chi connectivity index (χ1) is 9.75. The molecule has 2 aromatic carbocycles. The number of Topliss-reactive ketones (excluding diaryl/α,β-unsaturated/α-hetero) is 1. The van der Waals surface area contributed by atoms with E-state index in [9.17, 15) is 9.59 Å². The van der Waals surface area contributed by atoms with Gasteiger partial charge in [-0.3, -0.25) is 4.79 Å². The molecule has 0 bridgehead atoms. The zero-order valence-corrected chi connectivity index (χ0v) is 10.6.